The Morgan fingerprint density at radius 3 is 2.47 bits per heavy atom. The van der Waals surface area contributed by atoms with Gasteiger partial charge in [-0.2, -0.15) is 0 Å². The second-order valence-corrected chi connectivity index (χ2v) is 9.11. The van der Waals surface area contributed by atoms with Crippen LogP contribution >= 0.6 is 11.8 Å². The topological polar surface area (TPSA) is 49.9 Å². The Bertz CT molecular complexity index is 911. The maximum absolute atomic E-state index is 13.7. The summed E-state index contributed by atoms with van der Waals surface area (Å²) in [6, 6.07) is 14.4. The number of nitrogens with zero attached hydrogens (tertiary/aromatic N) is 2. The van der Waals surface area contributed by atoms with Crippen molar-refractivity contribution in [3.05, 3.63) is 59.2 Å². The van der Waals surface area contributed by atoms with E-state index in [9.17, 15) is 9.59 Å². The quantitative estimate of drug-likeness (QED) is 0.647. The van der Waals surface area contributed by atoms with Crippen LogP contribution in [0.4, 0.5) is 5.69 Å². The molecule has 0 saturated heterocycles. The first-order valence-electron chi connectivity index (χ1n) is 10.3. The van der Waals surface area contributed by atoms with E-state index in [2.05, 4.69) is 25.1 Å². The highest BCUT2D eigenvalue weighted by atomic mass is 32.2. The number of ether oxygens (including phenoxy) is 1. The van der Waals surface area contributed by atoms with Crippen LogP contribution in [0.1, 0.15) is 35.8 Å². The van der Waals surface area contributed by atoms with Crippen LogP contribution in [-0.4, -0.2) is 50.1 Å². The zero-order valence-electron chi connectivity index (χ0n) is 18.3. The van der Waals surface area contributed by atoms with Crippen LogP contribution in [-0.2, 0) is 20.7 Å². The molecule has 0 radical (unpaired) electrons. The number of likely N-dealkylation sites (N-methyl/N-ethyl adjacent to an activating group) is 1. The maximum Gasteiger partial charge on any atom is 0.303 e. The van der Waals surface area contributed by atoms with E-state index in [4.69, 9.17) is 4.74 Å². The molecule has 1 amide bonds. The number of amides is 1. The monoisotopic (exact) mass is 426 g/mol. The Kier molecular flexibility index (Phi) is 7.21. The van der Waals surface area contributed by atoms with Crippen LogP contribution in [0.5, 0.6) is 0 Å². The van der Waals surface area contributed by atoms with Crippen LogP contribution in [0.15, 0.2) is 47.4 Å². The lowest BCUT2D eigenvalue weighted by molar-refractivity contribution is -0.152. The molecule has 160 valence electrons. The van der Waals surface area contributed by atoms with E-state index in [1.807, 2.05) is 50.2 Å². The van der Waals surface area contributed by atoms with Gasteiger partial charge >= 0.3 is 5.97 Å². The van der Waals surface area contributed by atoms with Gasteiger partial charge in [-0.15, -0.1) is 11.8 Å². The molecule has 3 rings (SSSR count). The lowest BCUT2D eigenvalue weighted by atomic mass is 10.0. The number of esters is 1. The number of hydrogen-bond donors (Lipinski definition) is 0. The fraction of sp³-hybridized carbons (Fsp3) is 0.417. The van der Waals surface area contributed by atoms with E-state index < -0.39 is 12.1 Å². The van der Waals surface area contributed by atoms with E-state index in [0.717, 1.165) is 28.1 Å². The highest BCUT2D eigenvalue weighted by Crippen LogP contribution is 2.47. The number of carbonyl (C=O) groups is 2. The smallest absolute Gasteiger partial charge is 0.303 e. The van der Waals surface area contributed by atoms with Gasteiger partial charge in [-0.3, -0.25) is 9.59 Å². The lowest BCUT2D eigenvalue weighted by Crippen LogP contribution is -2.45. The molecule has 1 aliphatic heterocycles. The van der Waals surface area contributed by atoms with Gasteiger partial charge in [-0.05, 0) is 56.3 Å². The molecule has 0 N–H and O–H groups in total. The molecule has 0 bridgehead atoms. The molecule has 0 unspecified atom stereocenters. The molecule has 0 fully saturated rings. The molecular weight excluding hydrogens is 396 g/mol. The maximum atomic E-state index is 13.7. The molecule has 0 saturated carbocycles. The molecule has 0 aromatic heterocycles. The largest absolute Gasteiger partial charge is 0.451 e. The molecule has 30 heavy (non-hydrogen) atoms. The van der Waals surface area contributed by atoms with Crippen LogP contribution in [0, 0.1) is 6.92 Å². The average molecular weight is 427 g/mol. The van der Waals surface area contributed by atoms with Crippen molar-refractivity contribution in [3.63, 3.8) is 0 Å². The van der Waals surface area contributed by atoms with Crippen molar-refractivity contribution in [1.82, 2.24) is 4.90 Å². The van der Waals surface area contributed by atoms with Gasteiger partial charge in [0.05, 0.1) is 10.9 Å². The minimum Gasteiger partial charge on any atom is -0.451 e. The third kappa shape index (κ3) is 5.05. The van der Waals surface area contributed by atoms with Crippen LogP contribution < -0.4 is 4.90 Å². The summed E-state index contributed by atoms with van der Waals surface area (Å²) in [6.07, 6.45) is 0.0694. The molecule has 2 aromatic rings. The number of benzene rings is 2. The van der Waals surface area contributed by atoms with Crippen molar-refractivity contribution in [2.24, 2.45) is 0 Å². The van der Waals surface area contributed by atoms with Crippen LogP contribution in [0.3, 0.4) is 0 Å². The van der Waals surface area contributed by atoms with Crippen molar-refractivity contribution in [3.8, 4) is 0 Å². The third-order valence-electron chi connectivity index (χ3n) is 5.22. The first-order valence-corrected chi connectivity index (χ1v) is 11.2. The first-order chi connectivity index (χ1) is 14.3. The summed E-state index contributed by atoms with van der Waals surface area (Å²) in [5, 5.41) is -0.308. The number of rotatable bonds is 6. The predicted octanol–water partition coefficient (Wildman–Crippen LogP) is 4.23. The summed E-state index contributed by atoms with van der Waals surface area (Å²) in [5.41, 5.74) is 4.23. The van der Waals surface area contributed by atoms with Gasteiger partial charge in [-0.1, -0.05) is 37.3 Å². The normalized spacial score (nSPS) is 18.9. The Labute approximate surface area is 183 Å². The number of hydrogen-bond acceptors (Lipinski definition) is 5. The minimum absolute atomic E-state index is 0.174. The highest BCUT2D eigenvalue weighted by Gasteiger charge is 2.40. The number of aryl methyl sites for hydroxylation is 2. The molecule has 0 aliphatic carbocycles. The summed E-state index contributed by atoms with van der Waals surface area (Å²) in [4.78, 5) is 30.4. The molecule has 2 atom stereocenters. The fourth-order valence-electron chi connectivity index (χ4n) is 3.55. The third-order valence-corrected chi connectivity index (χ3v) is 6.58. The van der Waals surface area contributed by atoms with E-state index in [0.29, 0.717) is 13.1 Å². The summed E-state index contributed by atoms with van der Waals surface area (Å²) in [7, 11) is 3.96. The minimum atomic E-state index is -0.880. The van der Waals surface area contributed by atoms with Crippen molar-refractivity contribution >= 4 is 29.3 Å². The van der Waals surface area contributed by atoms with Gasteiger partial charge < -0.3 is 14.5 Å². The second kappa shape index (κ2) is 9.67. The predicted molar refractivity (Wildman–Crippen MR) is 122 cm³/mol. The Balaban J connectivity index is 2.09. The van der Waals surface area contributed by atoms with E-state index in [1.54, 1.807) is 16.7 Å². The molecule has 5 nitrogen and oxygen atoms in total. The first kappa shape index (κ1) is 22.4. The molecule has 6 heteroatoms. The zero-order valence-corrected chi connectivity index (χ0v) is 19.2. The van der Waals surface area contributed by atoms with Crippen LogP contribution in [0.25, 0.3) is 0 Å². The van der Waals surface area contributed by atoms with E-state index >= 15 is 0 Å². The van der Waals surface area contributed by atoms with Gasteiger partial charge in [0.25, 0.3) is 5.91 Å². The second-order valence-electron chi connectivity index (χ2n) is 7.93. The van der Waals surface area contributed by atoms with Gasteiger partial charge in [0.1, 0.15) is 0 Å². The molecule has 1 heterocycles. The van der Waals surface area contributed by atoms with Gasteiger partial charge in [0.2, 0.25) is 0 Å². The number of fused-ring (bicyclic) bond motifs is 1. The summed E-state index contributed by atoms with van der Waals surface area (Å²) in [5.74, 6) is -0.620. The van der Waals surface area contributed by atoms with Gasteiger partial charge in [0.15, 0.2) is 6.10 Å². The van der Waals surface area contributed by atoms with Gasteiger partial charge in [0, 0.05) is 24.9 Å². The Morgan fingerprint density at radius 2 is 1.87 bits per heavy atom. The van der Waals surface area contributed by atoms with Crippen LogP contribution in [0.2, 0.25) is 0 Å². The van der Waals surface area contributed by atoms with Crippen molar-refractivity contribution in [2.75, 3.05) is 32.1 Å². The van der Waals surface area contributed by atoms with Gasteiger partial charge in [-0.25, -0.2) is 0 Å². The molecule has 0 spiro atoms. The zero-order chi connectivity index (χ0) is 21.8. The highest BCUT2D eigenvalue weighted by molar-refractivity contribution is 7.99. The van der Waals surface area contributed by atoms with Crippen molar-refractivity contribution in [1.29, 1.82) is 0 Å². The van der Waals surface area contributed by atoms with E-state index in [-0.39, 0.29) is 11.2 Å². The number of thioether (sulfide) groups is 1. The molecule has 1 aliphatic rings. The summed E-state index contributed by atoms with van der Waals surface area (Å²) in [6.45, 7) is 6.77. The standard InChI is InChI=1S/C24H30N2O3S/c1-6-18-8-10-19(11-9-18)23-22(29-17(3)27)24(28)26(14-13-25(4)5)20-12-7-16(2)15-21(20)30-23/h7-12,15,22-23H,6,13-14H2,1-5H3/t22-,23+/m0/s1. The Hall–Kier alpha value is -2.31. The van der Waals surface area contributed by atoms with E-state index in [1.165, 1.54) is 12.5 Å². The number of carbonyl (C=O) groups excluding carboxylic acids is 2. The van der Waals surface area contributed by atoms with Crippen molar-refractivity contribution in [2.45, 2.75) is 43.4 Å². The van der Waals surface area contributed by atoms with Crippen molar-refractivity contribution < 1.29 is 14.3 Å². The average Bonchev–Trinajstić information content (AvgIpc) is 2.81. The summed E-state index contributed by atoms with van der Waals surface area (Å²) >= 11 is 1.60. The lowest BCUT2D eigenvalue weighted by Gasteiger charge is -2.28. The molecular formula is C24H30N2O3S. The Morgan fingerprint density at radius 1 is 1.17 bits per heavy atom. The summed E-state index contributed by atoms with van der Waals surface area (Å²) < 4.78 is 5.64. The SMILES string of the molecule is CCc1ccc([C@H]2Sc3cc(C)ccc3N(CCN(C)C)C(=O)[C@H]2OC(C)=O)cc1. The fourth-order valence-corrected chi connectivity index (χ4v) is 4.96. The molecule has 2 aromatic carbocycles. The number of anilines is 1.